The van der Waals surface area contributed by atoms with Gasteiger partial charge in [0.2, 0.25) is 0 Å². The van der Waals surface area contributed by atoms with E-state index in [0.717, 1.165) is 63.8 Å². The van der Waals surface area contributed by atoms with E-state index in [1.54, 1.807) is 17.0 Å². The summed E-state index contributed by atoms with van der Waals surface area (Å²) in [4.78, 5) is 23.4. The molecule has 10 heteroatoms. The van der Waals surface area contributed by atoms with Crippen molar-refractivity contribution in [3.63, 3.8) is 0 Å². The number of nitrogens with zero attached hydrogens (tertiary/aromatic N) is 4. The Bertz CT molecular complexity index is 855. The first kappa shape index (κ1) is 27.2. The normalized spacial score (nSPS) is 14.7. The second-order valence-electron chi connectivity index (χ2n) is 8.36. The van der Waals surface area contributed by atoms with Crippen molar-refractivity contribution in [2.45, 2.75) is 51.3 Å². The third-order valence-electron chi connectivity index (χ3n) is 5.69. The number of aromatic nitrogens is 3. The average Bonchev–Trinajstić information content (AvgIpc) is 2.80. The molecular weight excluding hydrogens is 442 g/mol. The molecule has 0 bridgehead atoms. The highest BCUT2D eigenvalue weighted by Gasteiger charge is 2.15. The van der Waals surface area contributed by atoms with Crippen molar-refractivity contribution in [2.75, 3.05) is 45.2 Å². The number of aryl methyl sites for hydroxylation is 1. The summed E-state index contributed by atoms with van der Waals surface area (Å²) in [6.07, 6.45) is 8.74. The van der Waals surface area contributed by atoms with Gasteiger partial charge in [0.15, 0.2) is 0 Å². The molecule has 3 heterocycles. The van der Waals surface area contributed by atoms with Gasteiger partial charge in [-0.25, -0.2) is 9.78 Å². The van der Waals surface area contributed by atoms with Crippen LogP contribution in [-0.4, -0.2) is 65.3 Å². The molecular formula is C23H38ClN7O2. The highest BCUT2D eigenvalue weighted by molar-refractivity contribution is 5.85. The lowest BCUT2D eigenvalue weighted by atomic mass is 10.1. The summed E-state index contributed by atoms with van der Waals surface area (Å²) in [5, 5.41) is 6.19. The molecule has 0 aliphatic carbocycles. The molecule has 1 aliphatic heterocycles. The van der Waals surface area contributed by atoms with E-state index in [0.29, 0.717) is 37.4 Å². The largest absolute Gasteiger partial charge is 0.377 e. The van der Waals surface area contributed by atoms with Gasteiger partial charge in [-0.2, -0.15) is 4.98 Å². The van der Waals surface area contributed by atoms with E-state index >= 15 is 0 Å². The maximum atomic E-state index is 12.4. The molecule has 0 radical (unpaired) electrons. The molecule has 0 spiro atoms. The summed E-state index contributed by atoms with van der Waals surface area (Å²) < 4.78 is 7.29. The molecule has 0 aromatic carbocycles. The second kappa shape index (κ2) is 15.0. The van der Waals surface area contributed by atoms with Crippen LogP contribution in [0.1, 0.15) is 37.7 Å². The van der Waals surface area contributed by atoms with Crippen molar-refractivity contribution < 1.29 is 4.74 Å². The third-order valence-corrected chi connectivity index (χ3v) is 5.69. The predicted molar refractivity (Wildman–Crippen MR) is 134 cm³/mol. The maximum Gasteiger partial charge on any atom is 0.349 e. The number of unbranched alkanes of at least 4 members (excludes halogenated alkanes) is 1. The molecule has 1 fully saturated rings. The quantitative estimate of drug-likeness (QED) is 0.375. The number of hydrogen-bond donors (Lipinski definition) is 3. The molecule has 0 saturated carbocycles. The minimum atomic E-state index is -0.245. The number of piperidine rings is 1. The van der Waals surface area contributed by atoms with E-state index in [-0.39, 0.29) is 18.1 Å². The second-order valence-corrected chi connectivity index (χ2v) is 8.36. The van der Waals surface area contributed by atoms with Crippen molar-refractivity contribution in [3.05, 3.63) is 46.6 Å². The molecule has 4 N–H and O–H groups in total. The molecule has 3 rings (SSSR count). The van der Waals surface area contributed by atoms with Crippen molar-refractivity contribution in [3.8, 4) is 0 Å². The van der Waals surface area contributed by atoms with Crippen LogP contribution in [-0.2, 0) is 17.9 Å². The van der Waals surface area contributed by atoms with E-state index < -0.39 is 0 Å². The molecule has 0 unspecified atom stereocenters. The topological polar surface area (TPSA) is 110 Å². The van der Waals surface area contributed by atoms with E-state index in [4.69, 9.17) is 10.5 Å². The van der Waals surface area contributed by atoms with Gasteiger partial charge in [-0.05, 0) is 83.0 Å². The molecule has 1 saturated heterocycles. The van der Waals surface area contributed by atoms with E-state index in [1.165, 1.54) is 0 Å². The van der Waals surface area contributed by atoms with E-state index in [1.807, 2.05) is 25.2 Å². The summed E-state index contributed by atoms with van der Waals surface area (Å²) >= 11 is 0. The first-order valence-electron chi connectivity index (χ1n) is 11.6. The van der Waals surface area contributed by atoms with Crippen LogP contribution in [0.5, 0.6) is 0 Å². The van der Waals surface area contributed by atoms with Gasteiger partial charge in [-0.15, -0.1) is 12.4 Å². The van der Waals surface area contributed by atoms with Crippen LogP contribution in [0.3, 0.4) is 0 Å². The molecule has 2 aromatic heterocycles. The van der Waals surface area contributed by atoms with Gasteiger partial charge < -0.3 is 26.0 Å². The van der Waals surface area contributed by atoms with Gasteiger partial charge in [0.05, 0.1) is 6.61 Å². The maximum absolute atomic E-state index is 12.4. The Hall–Kier alpha value is -2.04. The summed E-state index contributed by atoms with van der Waals surface area (Å²) in [6, 6.07) is 6.01. The first-order valence-corrected chi connectivity index (χ1v) is 11.6. The van der Waals surface area contributed by atoms with Crippen molar-refractivity contribution in [1.29, 1.82) is 0 Å². The van der Waals surface area contributed by atoms with Gasteiger partial charge in [0.1, 0.15) is 11.6 Å². The average molecular weight is 480 g/mol. The Morgan fingerprint density at radius 3 is 2.61 bits per heavy atom. The fraction of sp³-hybridized carbons (Fsp3) is 0.609. The summed E-state index contributed by atoms with van der Waals surface area (Å²) in [7, 11) is 1.93. The molecule has 184 valence electrons. The summed E-state index contributed by atoms with van der Waals surface area (Å²) in [6.45, 7) is 6.12. The van der Waals surface area contributed by atoms with Crippen molar-refractivity contribution in [2.24, 2.45) is 5.73 Å². The lowest BCUT2D eigenvalue weighted by molar-refractivity contribution is 0.118. The molecule has 1 aliphatic rings. The van der Waals surface area contributed by atoms with Crippen LogP contribution in [0.15, 0.2) is 35.4 Å². The van der Waals surface area contributed by atoms with Gasteiger partial charge in [-0.3, -0.25) is 4.57 Å². The molecule has 0 amide bonds. The molecule has 0 atom stereocenters. The highest BCUT2D eigenvalue weighted by atomic mass is 35.5. The minimum Gasteiger partial charge on any atom is -0.377 e. The Labute approximate surface area is 202 Å². The Morgan fingerprint density at radius 2 is 1.91 bits per heavy atom. The summed E-state index contributed by atoms with van der Waals surface area (Å²) in [5.41, 5.74) is 6.72. The number of rotatable bonds is 13. The Morgan fingerprint density at radius 1 is 1.12 bits per heavy atom. The van der Waals surface area contributed by atoms with Crippen molar-refractivity contribution >= 4 is 24.0 Å². The highest BCUT2D eigenvalue weighted by Crippen LogP contribution is 2.12. The fourth-order valence-corrected chi connectivity index (χ4v) is 3.72. The lowest BCUT2D eigenvalue weighted by Crippen LogP contribution is -2.40. The zero-order valence-corrected chi connectivity index (χ0v) is 20.4. The summed E-state index contributed by atoms with van der Waals surface area (Å²) in [5.74, 6) is 1.15. The number of nitrogens with two attached hydrogens (primary N) is 1. The number of pyridine rings is 1. The number of nitrogens with one attached hydrogen (secondary N) is 2. The zero-order chi connectivity index (χ0) is 22.6. The number of halogens is 1. The van der Waals surface area contributed by atoms with Gasteiger partial charge in [0, 0.05) is 31.6 Å². The smallest absolute Gasteiger partial charge is 0.349 e. The predicted octanol–water partition coefficient (Wildman–Crippen LogP) is 2.13. The van der Waals surface area contributed by atoms with Gasteiger partial charge >= 0.3 is 5.69 Å². The van der Waals surface area contributed by atoms with E-state index in [9.17, 15) is 4.79 Å². The number of hydrogen-bond acceptors (Lipinski definition) is 8. The Balaban J connectivity index is 0.00000385. The molecule has 33 heavy (non-hydrogen) atoms. The lowest BCUT2D eigenvalue weighted by Gasteiger charge is -2.29. The standard InChI is InChI=1S/C23H37N7O2.ClH/c1-25-10-4-16-32-18-19-5-6-21(26-17-19)27-22-9-15-30(23(31)28-22)12-3-2-11-29-13-7-20(24)8-14-29;/h5-6,9,15,17,20,25H,2-4,7-8,10-14,16,18,24H2,1H3,(H,26,27,28,31);1H. The van der Waals surface area contributed by atoms with Crippen LogP contribution >= 0.6 is 12.4 Å². The van der Waals surface area contributed by atoms with Crippen LogP contribution < -0.4 is 22.1 Å². The third kappa shape index (κ3) is 9.77. The zero-order valence-electron chi connectivity index (χ0n) is 19.5. The minimum absolute atomic E-state index is 0. The van der Waals surface area contributed by atoms with Crippen LogP contribution in [0.4, 0.5) is 11.6 Å². The first-order chi connectivity index (χ1) is 15.6. The van der Waals surface area contributed by atoms with E-state index in [2.05, 4.69) is 25.5 Å². The van der Waals surface area contributed by atoms with Crippen LogP contribution in [0.25, 0.3) is 0 Å². The molecule has 9 nitrogen and oxygen atoms in total. The molecule has 2 aromatic rings. The fourth-order valence-electron chi connectivity index (χ4n) is 3.72. The number of ether oxygens (including phenoxy) is 1. The van der Waals surface area contributed by atoms with Crippen LogP contribution in [0.2, 0.25) is 0 Å². The monoisotopic (exact) mass is 479 g/mol. The van der Waals surface area contributed by atoms with Gasteiger partial charge in [-0.1, -0.05) is 6.07 Å². The van der Waals surface area contributed by atoms with Crippen molar-refractivity contribution in [1.82, 2.24) is 24.8 Å². The Kier molecular flexibility index (Phi) is 12.3. The van der Waals surface area contributed by atoms with Crippen LogP contribution in [0, 0.1) is 0 Å². The SMILES string of the molecule is CNCCCOCc1ccc(Nc2ccn(CCCCN3CCC(N)CC3)c(=O)n2)nc1.Cl. The number of likely N-dealkylation sites (tertiary alicyclic amines) is 1. The van der Waals surface area contributed by atoms with Gasteiger partial charge in [0.25, 0.3) is 0 Å². The number of anilines is 2.